The molecule has 8 heteroatoms. The minimum absolute atomic E-state index is 0.0500. The molecule has 1 N–H and O–H groups in total. The van der Waals surface area contributed by atoms with Gasteiger partial charge < -0.3 is 14.4 Å². The second-order valence-corrected chi connectivity index (χ2v) is 4.58. The van der Waals surface area contributed by atoms with Gasteiger partial charge in [0.1, 0.15) is 6.61 Å². The lowest BCUT2D eigenvalue weighted by molar-refractivity contribution is 0.0467. The highest BCUT2D eigenvalue weighted by Crippen LogP contribution is 2.31. The Morgan fingerprint density at radius 2 is 2.24 bits per heavy atom. The topological polar surface area (TPSA) is 93.2 Å². The van der Waals surface area contributed by atoms with Crippen LogP contribution in [0.2, 0.25) is 0 Å². The fraction of sp³-hybridized carbons (Fsp3) is 0.385. The van der Waals surface area contributed by atoms with E-state index in [0.717, 1.165) is 5.75 Å². The van der Waals surface area contributed by atoms with E-state index in [4.69, 9.17) is 9.47 Å². The first-order chi connectivity index (χ1) is 10.3. The number of rotatable bonds is 4. The zero-order chi connectivity index (χ0) is 14.7. The van der Waals surface area contributed by atoms with Gasteiger partial charge >= 0.3 is 0 Å². The van der Waals surface area contributed by atoms with Crippen molar-refractivity contribution in [3.8, 4) is 11.5 Å². The van der Waals surface area contributed by atoms with Crippen LogP contribution in [0.5, 0.6) is 11.5 Å². The van der Waals surface area contributed by atoms with E-state index in [0.29, 0.717) is 25.4 Å². The molecule has 0 saturated heterocycles. The molecule has 1 aromatic carbocycles. The highest BCUT2D eigenvalue weighted by atomic mass is 16.6. The fourth-order valence-corrected chi connectivity index (χ4v) is 2.15. The van der Waals surface area contributed by atoms with Gasteiger partial charge in [-0.2, -0.15) is 5.21 Å². The van der Waals surface area contributed by atoms with Crippen LogP contribution in [-0.4, -0.2) is 57.2 Å². The lowest BCUT2D eigenvalue weighted by atomic mass is 10.2. The number of tetrazole rings is 1. The molecule has 1 aliphatic rings. The number of amides is 1. The van der Waals surface area contributed by atoms with Crippen LogP contribution in [0.1, 0.15) is 17.5 Å². The molecular formula is C13H15N5O3. The van der Waals surface area contributed by atoms with Gasteiger partial charge in [0.2, 0.25) is 0 Å². The average Bonchev–Trinajstić information content (AvgIpc) is 3.06. The third-order valence-corrected chi connectivity index (χ3v) is 3.20. The maximum absolute atomic E-state index is 12.2. The van der Waals surface area contributed by atoms with Crippen LogP contribution in [0.3, 0.4) is 0 Å². The molecule has 21 heavy (non-hydrogen) atoms. The van der Waals surface area contributed by atoms with E-state index >= 15 is 0 Å². The molecule has 110 valence electrons. The normalized spacial score (nSPS) is 16.5. The molecule has 1 atom stereocenters. The van der Waals surface area contributed by atoms with E-state index in [1.807, 2.05) is 31.2 Å². The van der Waals surface area contributed by atoms with Gasteiger partial charge in [-0.15, -0.1) is 10.2 Å². The number of hydrogen-bond donors (Lipinski definition) is 1. The zero-order valence-corrected chi connectivity index (χ0v) is 11.5. The van der Waals surface area contributed by atoms with Gasteiger partial charge in [0.25, 0.3) is 11.7 Å². The van der Waals surface area contributed by atoms with Crippen LogP contribution in [0.15, 0.2) is 24.3 Å². The molecule has 2 aromatic rings. The number of nitrogens with one attached hydrogen (secondary N) is 1. The number of aromatic amines is 1. The molecule has 0 radical (unpaired) electrons. The minimum atomic E-state index is -0.284. The second-order valence-electron chi connectivity index (χ2n) is 4.58. The molecule has 1 aliphatic heterocycles. The summed E-state index contributed by atoms with van der Waals surface area (Å²) >= 11 is 0. The predicted molar refractivity (Wildman–Crippen MR) is 72.1 cm³/mol. The molecule has 0 spiro atoms. The summed E-state index contributed by atoms with van der Waals surface area (Å²) in [6, 6.07) is 7.47. The van der Waals surface area contributed by atoms with Gasteiger partial charge in [0.05, 0.1) is 6.54 Å². The summed E-state index contributed by atoms with van der Waals surface area (Å²) in [7, 11) is 0. The number of likely N-dealkylation sites (N-methyl/N-ethyl adjacent to an activating group) is 1. The van der Waals surface area contributed by atoms with Crippen molar-refractivity contribution in [1.82, 2.24) is 25.5 Å². The first-order valence-electron chi connectivity index (χ1n) is 6.69. The number of carbonyl (C=O) groups is 1. The second kappa shape index (κ2) is 5.78. The van der Waals surface area contributed by atoms with Crippen LogP contribution in [-0.2, 0) is 0 Å². The van der Waals surface area contributed by atoms with Crippen LogP contribution >= 0.6 is 0 Å². The Morgan fingerprint density at radius 3 is 2.95 bits per heavy atom. The Bertz CT molecular complexity index is 616. The van der Waals surface area contributed by atoms with Crippen molar-refractivity contribution in [2.24, 2.45) is 0 Å². The number of nitrogens with zero attached hydrogens (tertiary/aromatic N) is 4. The van der Waals surface area contributed by atoms with Gasteiger partial charge in [0, 0.05) is 6.54 Å². The van der Waals surface area contributed by atoms with Crippen molar-refractivity contribution in [3.05, 3.63) is 30.1 Å². The van der Waals surface area contributed by atoms with Crippen LogP contribution < -0.4 is 9.47 Å². The molecule has 1 unspecified atom stereocenters. The van der Waals surface area contributed by atoms with E-state index in [9.17, 15) is 4.79 Å². The first kappa shape index (κ1) is 13.3. The number of hydrogen-bond acceptors (Lipinski definition) is 6. The molecule has 0 saturated carbocycles. The summed E-state index contributed by atoms with van der Waals surface area (Å²) < 4.78 is 11.5. The largest absolute Gasteiger partial charge is 0.486 e. The smallest absolute Gasteiger partial charge is 0.295 e. The summed E-state index contributed by atoms with van der Waals surface area (Å²) in [5, 5.41) is 13.1. The number of H-pyrrole nitrogens is 1. The van der Waals surface area contributed by atoms with Gasteiger partial charge in [-0.05, 0) is 24.3 Å². The van der Waals surface area contributed by atoms with E-state index in [-0.39, 0.29) is 17.8 Å². The maximum Gasteiger partial charge on any atom is 0.295 e. The SMILES string of the molecule is CCN(CC1COc2ccccc2O1)C(=O)c1nn[nH]n1. The number of ether oxygens (including phenoxy) is 2. The quantitative estimate of drug-likeness (QED) is 0.881. The zero-order valence-electron chi connectivity index (χ0n) is 11.5. The van der Waals surface area contributed by atoms with Crippen molar-refractivity contribution >= 4 is 5.91 Å². The number of aromatic nitrogens is 4. The summed E-state index contributed by atoms with van der Waals surface area (Å²) in [5.74, 6) is 1.18. The van der Waals surface area contributed by atoms with Crippen molar-refractivity contribution in [2.45, 2.75) is 13.0 Å². The molecule has 1 aromatic heterocycles. The summed E-state index contributed by atoms with van der Waals surface area (Å²) in [6.07, 6.45) is -0.226. The van der Waals surface area contributed by atoms with Crippen molar-refractivity contribution < 1.29 is 14.3 Å². The third-order valence-electron chi connectivity index (χ3n) is 3.20. The summed E-state index contributed by atoms with van der Waals surface area (Å²) in [4.78, 5) is 13.8. The van der Waals surface area contributed by atoms with Crippen LogP contribution in [0, 0.1) is 0 Å². The Morgan fingerprint density at radius 1 is 1.43 bits per heavy atom. The van der Waals surface area contributed by atoms with Gasteiger partial charge in [0.15, 0.2) is 17.6 Å². The fourth-order valence-electron chi connectivity index (χ4n) is 2.15. The molecule has 2 heterocycles. The van der Waals surface area contributed by atoms with Crippen molar-refractivity contribution in [1.29, 1.82) is 0 Å². The van der Waals surface area contributed by atoms with E-state index < -0.39 is 0 Å². The lowest BCUT2D eigenvalue weighted by Crippen LogP contribution is -2.43. The van der Waals surface area contributed by atoms with Gasteiger partial charge in [-0.25, -0.2) is 0 Å². The van der Waals surface area contributed by atoms with Gasteiger partial charge in [-0.3, -0.25) is 4.79 Å². The van der Waals surface area contributed by atoms with Gasteiger partial charge in [-0.1, -0.05) is 12.1 Å². The molecule has 8 nitrogen and oxygen atoms in total. The molecular weight excluding hydrogens is 274 g/mol. The predicted octanol–water partition coefficient (Wildman–Crippen LogP) is 0.502. The average molecular weight is 289 g/mol. The summed E-state index contributed by atoms with van der Waals surface area (Å²) in [6.45, 7) is 3.20. The highest BCUT2D eigenvalue weighted by Gasteiger charge is 2.26. The Kier molecular flexibility index (Phi) is 3.67. The number of benzene rings is 1. The van der Waals surface area contributed by atoms with Crippen LogP contribution in [0.4, 0.5) is 0 Å². The molecule has 0 aliphatic carbocycles. The van der Waals surface area contributed by atoms with Crippen molar-refractivity contribution in [3.63, 3.8) is 0 Å². The highest BCUT2D eigenvalue weighted by molar-refractivity contribution is 5.90. The van der Waals surface area contributed by atoms with Crippen molar-refractivity contribution in [2.75, 3.05) is 19.7 Å². The standard InChI is InChI=1S/C13H15N5O3/c1-2-18(13(19)12-14-16-17-15-12)7-9-8-20-10-5-3-4-6-11(10)21-9/h3-6,9H,2,7-8H2,1H3,(H,14,15,16,17). The Hall–Kier alpha value is -2.64. The third kappa shape index (κ3) is 2.78. The van der Waals surface area contributed by atoms with E-state index in [2.05, 4.69) is 20.6 Å². The number of para-hydroxylation sites is 2. The molecule has 1 amide bonds. The number of fused-ring (bicyclic) bond motifs is 1. The lowest BCUT2D eigenvalue weighted by Gasteiger charge is -2.30. The Balaban J connectivity index is 1.67. The Labute approximate surface area is 121 Å². The minimum Gasteiger partial charge on any atom is -0.486 e. The first-order valence-corrected chi connectivity index (χ1v) is 6.69. The van der Waals surface area contributed by atoms with Crippen LogP contribution in [0.25, 0.3) is 0 Å². The summed E-state index contributed by atoms with van der Waals surface area (Å²) in [5.41, 5.74) is 0. The molecule has 3 rings (SSSR count). The monoisotopic (exact) mass is 289 g/mol. The van der Waals surface area contributed by atoms with E-state index in [1.54, 1.807) is 4.90 Å². The molecule has 0 fully saturated rings. The van der Waals surface area contributed by atoms with E-state index in [1.165, 1.54) is 0 Å². The maximum atomic E-state index is 12.2. The number of carbonyl (C=O) groups excluding carboxylic acids is 1. The molecule has 0 bridgehead atoms.